The predicted octanol–water partition coefficient (Wildman–Crippen LogP) is 5.73. The van der Waals surface area contributed by atoms with E-state index in [0.29, 0.717) is 17.4 Å². The van der Waals surface area contributed by atoms with Gasteiger partial charge in [-0.05, 0) is 61.3 Å². The first-order valence-corrected chi connectivity index (χ1v) is 12.8. The second-order valence-electron chi connectivity index (χ2n) is 7.56. The molecule has 0 aliphatic heterocycles. The molecule has 0 unspecified atom stereocenters. The first-order chi connectivity index (χ1) is 14.0. The van der Waals surface area contributed by atoms with Gasteiger partial charge in [0, 0.05) is 17.9 Å². The molecule has 0 spiro atoms. The summed E-state index contributed by atoms with van der Waals surface area (Å²) in [6.07, 6.45) is 3.31. The summed E-state index contributed by atoms with van der Waals surface area (Å²) in [5, 5.41) is 3.01. The highest BCUT2D eigenvalue weighted by Gasteiger charge is 2.12. The predicted molar refractivity (Wildman–Crippen MR) is 127 cm³/mol. The molecule has 1 aromatic carbocycles. The van der Waals surface area contributed by atoms with Crippen LogP contribution in [-0.4, -0.2) is 34.7 Å². The van der Waals surface area contributed by atoms with E-state index in [1.54, 1.807) is 11.8 Å². The number of nitrogens with one attached hydrogen (secondary N) is 1. The van der Waals surface area contributed by atoms with E-state index in [2.05, 4.69) is 55.3 Å². The van der Waals surface area contributed by atoms with Gasteiger partial charge in [0.25, 0.3) is 0 Å². The lowest BCUT2D eigenvalue weighted by Gasteiger charge is -2.06. The van der Waals surface area contributed by atoms with Gasteiger partial charge in [-0.15, -0.1) is 11.8 Å². The monoisotopic (exact) mass is 434 g/mol. The van der Waals surface area contributed by atoms with Crippen molar-refractivity contribution in [3.63, 3.8) is 0 Å². The number of thioether (sulfide) groups is 2. The van der Waals surface area contributed by atoms with Crippen molar-refractivity contribution in [2.75, 3.05) is 23.8 Å². The van der Waals surface area contributed by atoms with Crippen LogP contribution in [0.25, 0.3) is 11.5 Å². The molecule has 2 aromatic rings. The van der Waals surface area contributed by atoms with Gasteiger partial charge in [-0.2, -0.15) is 11.8 Å². The fourth-order valence-electron chi connectivity index (χ4n) is 2.68. The Labute approximate surface area is 184 Å². The van der Waals surface area contributed by atoms with Crippen molar-refractivity contribution in [3.05, 3.63) is 41.3 Å². The normalized spacial score (nSPS) is 11.2. The summed E-state index contributed by atoms with van der Waals surface area (Å²) >= 11 is 3.56. The minimum Gasteiger partial charge on any atom is -0.441 e. The number of oxazole rings is 1. The van der Waals surface area contributed by atoms with Crippen molar-refractivity contribution in [1.29, 1.82) is 0 Å². The zero-order valence-electron chi connectivity index (χ0n) is 18.1. The molecule has 2 rings (SSSR count). The Morgan fingerprint density at radius 2 is 1.93 bits per heavy atom. The summed E-state index contributed by atoms with van der Waals surface area (Å²) in [5.74, 6) is 5.80. The third kappa shape index (κ3) is 8.87. The zero-order valence-corrected chi connectivity index (χ0v) is 19.8. The minimum absolute atomic E-state index is 0.0960. The molecule has 0 saturated heterocycles. The molecule has 0 radical (unpaired) electrons. The Balaban J connectivity index is 1.65. The number of hydrogen-bond acceptors (Lipinski definition) is 5. The molecular formula is C23H34N2O2S2. The fraction of sp³-hybridized carbons (Fsp3) is 0.565. The van der Waals surface area contributed by atoms with Crippen LogP contribution in [0.3, 0.4) is 0 Å². The summed E-state index contributed by atoms with van der Waals surface area (Å²) < 4.78 is 5.83. The second-order valence-corrected chi connectivity index (χ2v) is 9.77. The molecule has 1 aromatic heterocycles. The van der Waals surface area contributed by atoms with Crippen molar-refractivity contribution in [2.45, 2.75) is 52.7 Å². The van der Waals surface area contributed by atoms with Gasteiger partial charge in [0.05, 0.1) is 11.4 Å². The number of rotatable bonds is 13. The Bertz CT molecular complexity index is 742. The molecule has 29 heavy (non-hydrogen) atoms. The lowest BCUT2D eigenvalue weighted by Crippen LogP contribution is -2.26. The van der Waals surface area contributed by atoms with Crippen LogP contribution in [0.4, 0.5) is 0 Å². The highest BCUT2D eigenvalue weighted by Crippen LogP contribution is 2.24. The smallest absolute Gasteiger partial charge is 0.230 e. The van der Waals surface area contributed by atoms with Crippen LogP contribution in [0.15, 0.2) is 28.7 Å². The van der Waals surface area contributed by atoms with Crippen LogP contribution < -0.4 is 5.32 Å². The number of carbonyl (C=O) groups is 1. The number of nitrogens with zero attached hydrogens (tertiary/aromatic N) is 1. The van der Waals surface area contributed by atoms with Gasteiger partial charge >= 0.3 is 0 Å². The average Bonchev–Trinajstić information content (AvgIpc) is 3.07. The van der Waals surface area contributed by atoms with Gasteiger partial charge in [0.1, 0.15) is 5.76 Å². The summed E-state index contributed by atoms with van der Waals surface area (Å²) in [6.45, 7) is 9.34. The molecule has 1 N–H and O–H groups in total. The van der Waals surface area contributed by atoms with Crippen molar-refractivity contribution >= 4 is 29.4 Å². The topological polar surface area (TPSA) is 55.1 Å². The molecule has 0 bridgehead atoms. The molecule has 0 aliphatic rings. The van der Waals surface area contributed by atoms with Gasteiger partial charge in [-0.3, -0.25) is 4.79 Å². The largest absolute Gasteiger partial charge is 0.441 e. The van der Waals surface area contributed by atoms with Crippen molar-refractivity contribution in [2.24, 2.45) is 5.92 Å². The quantitative estimate of drug-likeness (QED) is 0.408. The second kappa shape index (κ2) is 13.0. The van der Waals surface area contributed by atoms with E-state index in [-0.39, 0.29) is 5.91 Å². The van der Waals surface area contributed by atoms with E-state index in [1.807, 2.05) is 18.7 Å². The summed E-state index contributed by atoms with van der Waals surface area (Å²) in [5.41, 5.74) is 3.21. The van der Waals surface area contributed by atoms with Crippen LogP contribution in [-0.2, 0) is 17.0 Å². The van der Waals surface area contributed by atoms with Gasteiger partial charge in [0.15, 0.2) is 0 Å². The third-order valence-electron chi connectivity index (χ3n) is 4.60. The molecule has 6 heteroatoms. The Morgan fingerprint density at radius 1 is 1.17 bits per heavy atom. The van der Waals surface area contributed by atoms with Crippen LogP contribution in [0.2, 0.25) is 0 Å². The van der Waals surface area contributed by atoms with E-state index < -0.39 is 0 Å². The number of amides is 1. The SMILES string of the molecule is CCc1ccc(-c2nc(CSCC(=O)NCCCSCCC(C)C)c(C)o2)cc1. The van der Waals surface area contributed by atoms with Crippen LogP contribution >= 0.6 is 23.5 Å². The highest BCUT2D eigenvalue weighted by atomic mass is 32.2. The molecule has 0 saturated carbocycles. The van der Waals surface area contributed by atoms with Gasteiger partial charge in [-0.25, -0.2) is 4.98 Å². The lowest BCUT2D eigenvalue weighted by molar-refractivity contribution is -0.118. The maximum atomic E-state index is 12.0. The zero-order chi connectivity index (χ0) is 21.1. The first kappa shape index (κ1) is 23.9. The third-order valence-corrected chi connectivity index (χ3v) is 6.65. The Hall–Kier alpha value is -1.40. The van der Waals surface area contributed by atoms with Crippen LogP contribution in [0, 0.1) is 12.8 Å². The van der Waals surface area contributed by atoms with Gasteiger partial charge < -0.3 is 9.73 Å². The number of carbonyl (C=O) groups excluding carboxylic acids is 1. The Kier molecular flexibility index (Phi) is 10.7. The van der Waals surface area contributed by atoms with E-state index in [1.165, 1.54) is 17.7 Å². The van der Waals surface area contributed by atoms with Crippen molar-refractivity contribution in [3.8, 4) is 11.5 Å². The molecule has 4 nitrogen and oxygen atoms in total. The summed E-state index contributed by atoms with van der Waals surface area (Å²) in [7, 11) is 0. The van der Waals surface area contributed by atoms with Crippen molar-refractivity contribution in [1.82, 2.24) is 10.3 Å². The van der Waals surface area contributed by atoms with E-state index in [0.717, 1.165) is 48.1 Å². The molecule has 1 amide bonds. The van der Waals surface area contributed by atoms with Crippen LogP contribution in [0.5, 0.6) is 0 Å². The summed E-state index contributed by atoms with van der Waals surface area (Å²) in [4.78, 5) is 16.6. The van der Waals surface area contributed by atoms with Crippen LogP contribution in [0.1, 0.15) is 50.6 Å². The van der Waals surface area contributed by atoms with E-state index >= 15 is 0 Å². The molecule has 0 fully saturated rings. The summed E-state index contributed by atoms with van der Waals surface area (Å²) in [6, 6.07) is 8.32. The molecular weight excluding hydrogens is 400 g/mol. The van der Waals surface area contributed by atoms with Gasteiger partial charge in [-0.1, -0.05) is 32.9 Å². The van der Waals surface area contributed by atoms with Gasteiger partial charge in [0.2, 0.25) is 11.8 Å². The molecule has 1 heterocycles. The molecule has 0 aliphatic carbocycles. The Morgan fingerprint density at radius 3 is 2.62 bits per heavy atom. The highest BCUT2D eigenvalue weighted by molar-refractivity contribution is 7.99. The van der Waals surface area contributed by atoms with E-state index in [9.17, 15) is 4.79 Å². The maximum absolute atomic E-state index is 12.0. The number of aryl methyl sites for hydroxylation is 2. The maximum Gasteiger partial charge on any atom is 0.230 e. The number of benzene rings is 1. The lowest BCUT2D eigenvalue weighted by atomic mass is 10.1. The first-order valence-electron chi connectivity index (χ1n) is 10.5. The number of aromatic nitrogens is 1. The van der Waals surface area contributed by atoms with E-state index in [4.69, 9.17) is 4.42 Å². The molecule has 0 atom stereocenters. The fourth-order valence-corrected chi connectivity index (χ4v) is 4.72. The molecule has 160 valence electrons. The minimum atomic E-state index is 0.0960. The standard InChI is InChI=1S/C23H34N2O2S2/c1-5-19-7-9-20(10-8-19)23-25-21(18(4)27-23)15-29-16-22(26)24-12-6-13-28-14-11-17(2)3/h7-10,17H,5-6,11-16H2,1-4H3,(H,24,26). The number of hydrogen-bond donors (Lipinski definition) is 1. The van der Waals surface area contributed by atoms with Crippen molar-refractivity contribution < 1.29 is 9.21 Å². The average molecular weight is 435 g/mol.